The van der Waals surface area contributed by atoms with Gasteiger partial charge in [0.15, 0.2) is 5.82 Å². The van der Waals surface area contributed by atoms with Crippen LogP contribution in [0.3, 0.4) is 0 Å². The maximum absolute atomic E-state index is 15.7. The fourth-order valence-corrected chi connectivity index (χ4v) is 4.29. The Balaban J connectivity index is 1.65. The van der Waals surface area contributed by atoms with Gasteiger partial charge >= 0.3 is 5.97 Å². The average molecular weight is 495 g/mol. The van der Waals surface area contributed by atoms with Crippen LogP contribution in [0.15, 0.2) is 60.7 Å². The summed E-state index contributed by atoms with van der Waals surface area (Å²) in [6, 6.07) is 17.0. The molecule has 0 saturated carbocycles. The number of hydrogen-bond acceptors (Lipinski definition) is 6. The smallest absolute Gasteiger partial charge is 0.307 e. The number of para-hydroxylation sites is 1. The number of halogens is 1. The first-order chi connectivity index (χ1) is 17.4. The Hall–Kier alpha value is -3.46. The van der Waals surface area contributed by atoms with Gasteiger partial charge in [-0.15, -0.1) is 0 Å². The summed E-state index contributed by atoms with van der Waals surface area (Å²) in [5.41, 5.74) is 9.29. The van der Waals surface area contributed by atoms with E-state index in [1.807, 2.05) is 0 Å². The summed E-state index contributed by atoms with van der Waals surface area (Å²) < 4.78 is 27.4. The summed E-state index contributed by atoms with van der Waals surface area (Å²) in [6.45, 7) is 1.09. The Labute approximate surface area is 209 Å². The minimum absolute atomic E-state index is 0.0292. The number of hydrogen-bond donors (Lipinski definition) is 4. The van der Waals surface area contributed by atoms with E-state index in [9.17, 15) is 15.0 Å². The zero-order valence-corrected chi connectivity index (χ0v) is 20.0. The third-order valence-corrected chi connectivity index (χ3v) is 6.21. The van der Waals surface area contributed by atoms with Crippen molar-refractivity contribution in [2.75, 3.05) is 25.1 Å². The number of carbonyl (C=O) groups is 1. The van der Waals surface area contributed by atoms with Crippen molar-refractivity contribution in [3.05, 3.63) is 83.2 Å². The van der Waals surface area contributed by atoms with Crippen molar-refractivity contribution in [3.8, 4) is 16.9 Å². The number of carboxylic acid groups (broad SMARTS) is 1. The number of nitrogens with two attached hydrogens (primary N) is 1. The molecule has 4 rings (SSSR count). The minimum Gasteiger partial charge on any atom is -0.489 e. The van der Waals surface area contributed by atoms with Gasteiger partial charge in [0, 0.05) is 24.3 Å². The Morgan fingerprint density at radius 1 is 1.19 bits per heavy atom. The lowest BCUT2D eigenvalue weighted by Crippen LogP contribution is -2.19. The molecule has 3 aromatic carbocycles. The number of rotatable bonds is 11. The summed E-state index contributed by atoms with van der Waals surface area (Å²) in [5.74, 6) is -0.884. The van der Waals surface area contributed by atoms with E-state index >= 15 is 4.39 Å². The lowest BCUT2D eigenvalue weighted by Gasteiger charge is -2.18. The van der Waals surface area contributed by atoms with Crippen LogP contribution in [-0.4, -0.2) is 42.0 Å². The molecule has 2 atom stereocenters. The van der Waals surface area contributed by atoms with Gasteiger partial charge in [-0.3, -0.25) is 4.79 Å². The third-order valence-electron chi connectivity index (χ3n) is 6.21. The molecule has 1 heterocycles. The molecular weight excluding hydrogens is 463 g/mol. The van der Waals surface area contributed by atoms with E-state index in [4.69, 9.17) is 15.2 Å². The van der Waals surface area contributed by atoms with Gasteiger partial charge in [0.1, 0.15) is 12.4 Å². The zero-order valence-electron chi connectivity index (χ0n) is 20.0. The predicted molar refractivity (Wildman–Crippen MR) is 135 cm³/mol. The third kappa shape index (κ3) is 6.40. The lowest BCUT2D eigenvalue weighted by molar-refractivity contribution is -0.136. The van der Waals surface area contributed by atoms with Crippen molar-refractivity contribution in [2.24, 2.45) is 5.73 Å². The zero-order chi connectivity index (χ0) is 25.5. The Kier molecular flexibility index (Phi) is 8.53. The monoisotopic (exact) mass is 494 g/mol. The number of ether oxygens (including phenoxy) is 2. The molecule has 3 aromatic rings. The average Bonchev–Trinajstić information content (AvgIpc) is 3.41. The van der Waals surface area contributed by atoms with E-state index in [0.717, 1.165) is 12.8 Å². The van der Waals surface area contributed by atoms with Crippen LogP contribution in [0.4, 0.5) is 10.1 Å². The van der Waals surface area contributed by atoms with Crippen molar-refractivity contribution >= 4 is 11.7 Å². The van der Waals surface area contributed by atoms with Gasteiger partial charge < -0.3 is 30.7 Å². The molecule has 36 heavy (non-hydrogen) atoms. The second kappa shape index (κ2) is 12.0. The number of nitrogens with one attached hydrogen (secondary N) is 1. The van der Waals surface area contributed by atoms with Crippen molar-refractivity contribution in [3.63, 3.8) is 0 Å². The topological polar surface area (TPSA) is 114 Å². The van der Waals surface area contributed by atoms with Crippen LogP contribution in [0, 0.1) is 5.82 Å². The van der Waals surface area contributed by atoms with Crippen molar-refractivity contribution < 1.29 is 28.9 Å². The highest BCUT2D eigenvalue weighted by atomic mass is 19.1. The Morgan fingerprint density at radius 3 is 2.78 bits per heavy atom. The van der Waals surface area contributed by atoms with Crippen molar-refractivity contribution in [1.29, 1.82) is 0 Å². The molecule has 0 bridgehead atoms. The van der Waals surface area contributed by atoms with Gasteiger partial charge in [-0.25, -0.2) is 4.39 Å². The fraction of sp³-hybridized carbons (Fsp3) is 0.321. The molecule has 2 unspecified atom stereocenters. The van der Waals surface area contributed by atoms with E-state index in [-0.39, 0.29) is 25.7 Å². The Morgan fingerprint density at radius 2 is 2.03 bits per heavy atom. The molecule has 5 N–H and O–H groups in total. The summed E-state index contributed by atoms with van der Waals surface area (Å²) >= 11 is 0. The summed E-state index contributed by atoms with van der Waals surface area (Å²) in [4.78, 5) is 11.2. The van der Waals surface area contributed by atoms with Crippen LogP contribution in [0.25, 0.3) is 11.1 Å². The first kappa shape index (κ1) is 25.6. The molecule has 1 saturated heterocycles. The van der Waals surface area contributed by atoms with Crippen LogP contribution in [-0.2, 0) is 22.6 Å². The van der Waals surface area contributed by atoms with Crippen LogP contribution >= 0.6 is 0 Å². The highest BCUT2D eigenvalue weighted by Gasteiger charge is 2.19. The second-order valence-electron chi connectivity index (χ2n) is 8.90. The van der Waals surface area contributed by atoms with Crippen LogP contribution in [0.2, 0.25) is 0 Å². The molecule has 0 radical (unpaired) electrons. The first-order valence-corrected chi connectivity index (χ1v) is 12.0. The summed E-state index contributed by atoms with van der Waals surface area (Å²) in [6.07, 6.45) is 1.78. The minimum atomic E-state index is -0.947. The fourth-order valence-electron chi connectivity index (χ4n) is 4.29. The largest absolute Gasteiger partial charge is 0.489 e. The van der Waals surface area contributed by atoms with E-state index in [1.165, 1.54) is 0 Å². The maximum atomic E-state index is 15.7. The standard InChI is InChI=1S/C28H31FN2O5/c29-28-23(19-6-3-7-20(13-19)24(30)16-32)11-18(12-25(28)31-15-22-8-4-10-35-22)17-36-26-9-2-1-5-21(26)14-27(33)34/h1-3,5-7,9,11-13,22,24,31-32H,4,8,10,14-17,30H2,(H,33,34). The number of carboxylic acids is 1. The molecular formula is C28H31FN2O5. The predicted octanol–water partition coefficient (Wildman–Crippen LogP) is 4.28. The number of aliphatic hydroxyl groups is 1. The number of aliphatic hydroxyl groups excluding tert-OH is 1. The van der Waals surface area contributed by atoms with Crippen LogP contribution < -0.4 is 15.8 Å². The molecule has 0 spiro atoms. The maximum Gasteiger partial charge on any atom is 0.307 e. The van der Waals surface area contributed by atoms with Gasteiger partial charge in [0.05, 0.1) is 30.9 Å². The highest BCUT2D eigenvalue weighted by molar-refractivity contribution is 5.72. The number of benzene rings is 3. The second-order valence-corrected chi connectivity index (χ2v) is 8.90. The summed E-state index contributed by atoms with van der Waals surface area (Å²) in [5, 5.41) is 21.8. The molecule has 1 aliphatic heterocycles. The molecule has 0 aromatic heterocycles. The number of anilines is 1. The molecule has 1 aliphatic rings. The summed E-state index contributed by atoms with van der Waals surface area (Å²) in [7, 11) is 0. The van der Waals surface area contributed by atoms with E-state index in [2.05, 4.69) is 5.32 Å². The molecule has 0 amide bonds. The van der Waals surface area contributed by atoms with Crippen molar-refractivity contribution in [1.82, 2.24) is 0 Å². The number of aliphatic carboxylic acids is 1. The van der Waals surface area contributed by atoms with E-state index < -0.39 is 17.8 Å². The normalized spacial score (nSPS) is 16.0. The molecule has 8 heteroatoms. The van der Waals surface area contributed by atoms with Crippen LogP contribution in [0.1, 0.15) is 35.6 Å². The molecule has 7 nitrogen and oxygen atoms in total. The van der Waals surface area contributed by atoms with E-state index in [1.54, 1.807) is 60.7 Å². The molecule has 1 fully saturated rings. The van der Waals surface area contributed by atoms with Crippen LogP contribution in [0.5, 0.6) is 5.75 Å². The van der Waals surface area contributed by atoms with Gasteiger partial charge in [-0.05, 0) is 53.8 Å². The van der Waals surface area contributed by atoms with Gasteiger partial charge in [0.2, 0.25) is 0 Å². The van der Waals surface area contributed by atoms with Gasteiger partial charge in [-0.2, -0.15) is 0 Å². The SMILES string of the molecule is NC(CO)c1cccc(-c2cc(COc3ccccc3CC(=O)O)cc(NCC3CCCO3)c2F)c1. The van der Waals surface area contributed by atoms with E-state index in [0.29, 0.717) is 52.4 Å². The molecule has 0 aliphatic carbocycles. The molecule has 190 valence electrons. The van der Waals surface area contributed by atoms with Gasteiger partial charge in [-0.1, -0.05) is 36.4 Å². The highest BCUT2D eigenvalue weighted by Crippen LogP contribution is 2.32. The van der Waals surface area contributed by atoms with Crippen molar-refractivity contribution in [2.45, 2.75) is 38.0 Å². The van der Waals surface area contributed by atoms with Gasteiger partial charge in [0.25, 0.3) is 0 Å². The quantitative estimate of drug-likeness (QED) is 0.315. The lowest BCUT2D eigenvalue weighted by atomic mass is 9.97. The first-order valence-electron chi connectivity index (χ1n) is 12.0. The Bertz CT molecular complexity index is 1200.